The van der Waals surface area contributed by atoms with Gasteiger partial charge >= 0.3 is 5.24 Å². The molecule has 4 rings (SSSR count). The van der Waals surface area contributed by atoms with E-state index >= 15 is 0 Å². The predicted molar refractivity (Wildman–Crippen MR) is 127 cm³/mol. The minimum absolute atomic E-state index is 0.0220. The number of phenolic OH excluding ortho intramolecular Hbond substituents is 1. The molecule has 33 heavy (non-hydrogen) atoms. The van der Waals surface area contributed by atoms with E-state index in [9.17, 15) is 14.7 Å². The number of aromatic hydroxyl groups is 1. The second-order valence-electron chi connectivity index (χ2n) is 7.33. The van der Waals surface area contributed by atoms with Crippen LogP contribution in [-0.2, 0) is 6.54 Å². The average Bonchev–Trinajstić information content (AvgIpc) is 3.36. The second kappa shape index (κ2) is 9.78. The maximum Gasteiger partial charge on any atom is 0.302 e. The first-order valence-corrected chi connectivity index (χ1v) is 11.2. The Bertz CT molecular complexity index is 1180. The Balaban J connectivity index is 1.51. The van der Waals surface area contributed by atoms with Crippen LogP contribution < -0.4 is 10.1 Å². The van der Waals surface area contributed by atoms with Gasteiger partial charge in [0.05, 0.1) is 37.1 Å². The van der Waals surface area contributed by atoms with Crippen molar-refractivity contribution in [1.29, 1.82) is 0 Å². The fraction of sp³-hybridized carbons (Fsp3) is 0.217. The van der Waals surface area contributed by atoms with E-state index in [4.69, 9.17) is 4.74 Å². The maximum atomic E-state index is 12.7. The largest absolute Gasteiger partial charge is 0.504 e. The van der Waals surface area contributed by atoms with Crippen LogP contribution in [-0.4, -0.2) is 49.3 Å². The molecule has 0 spiro atoms. The number of amides is 2. The van der Waals surface area contributed by atoms with Crippen LogP contribution in [0.1, 0.15) is 35.0 Å². The number of imidazole rings is 1. The fourth-order valence-electron chi connectivity index (χ4n) is 3.39. The van der Waals surface area contributed by atoms with Crippen LogP contribution >= 0.6 is 11.8 Å². The van der Waals surface area contributed by atoms with E-state index in [1.54, 1.807) is 24.3 Å². The van der Waals surface area contributed by atoms with Gasteiger partial charge in [0.15, 0.2) is 11.5 Å². The number of hydrogen-bond acceptors (Lipinski definition) is 7. The van der Waals surface area contributed by atoms with E-state index in [1.807, 2.05) is 25.1 Å². The molecule has 0 saturated carbocycles. The van der Waals surface area contributed by atoms with E-state index in [2.05, 4.69) is 20.4 Å². The third-order valence-electron chi connectivity index (χ3n) is 5.12. The molecule has 2 heterocycles. The molecular weight excluding hydrogens is 442 g/mol. The highest BCUT2D eigenvalue weighted by atomic mass is 32.2. The van der Waals surface area contributed by atoms with Gasteiger partial charge in [0, 0.05) is 11.3 Å². The Labute approximate surface area is 194 Å². The summed E-state index contributed by atoms with van der Waals surface area (Å²) in [7, 11) is 1.49. The molecule has 0 saturated heterocycles. The number of H-pyrrole nitrogens is 1. The van der Waals surface area contributed by atoms with Crippen molar-refractivity contribution in [3.63, 3.8) is 0 Å². The number of nitrogens with one attached hydrogen (secondary N) is 2. The van der Waals surface area contributed by atoms with Gasteiger partial charge in [0.1, 0.15) is 5.69 Å². The summed E-state index contributed by atoms with van der Waals surface area (Å²) in [4.78, 5) is 31.4. The minimum atomic E-state index is -0.287. The summed E-state index contributed by atoms with van der Waals surface area (Å²) in [5.74, 6) is 0.114. The smallest absolute Gasteiger partial charge is 0.302 e. The topological polar surface area (TPSA) is 120 Å². The summed E-state index contributed by atoms with van der Waals surface area (Å²) in [6.45, 7) is 2.28. The van der Waals surface area contributed by atoms with Gasteiger partial charge in [-0.15, -0.1) is 0 Å². The van der Waals surface area contributed by atoms with Crippen molar-refractivity contribution in [2.75, 3.05) is 12.4 Å². The van der Waals surface area contributed by atoms with Crippen LogP contribution in [0.25, 0.3) is 0 Å². The molecule has 1 aliphatic rings. The molecule has 1 unspecified atom stereocenters. The van der Waals surface area contributed by atoms with Gasteiger partial charge in [-0.25, -0.2) is 9.99 Å². The SMILES string of the molecule is CCC1SC(=O)N(Cc2ccc(NC(=O)c3cnc[nH]3)cc2)N=C1c1ccc(OC)c(O)c1. The Kier molecular flexibility index (Phi) is 6.64. The summed E-state index contributed by atoms with van der Waals surface area (Å²) in [6, 6.07) is 12.3. The standard InChI is InChI=1S/C23H23N5O4S/c1-3-20-21(15-6-9-19(32-2)18(29)10-15)27-28(23(31)33-20)12-14-4-7-16(8-5-14)26-22(30)17-11-24-13-25-17/h4-11,13,20,29H,3,12H2,1-2H3,(H,24,25)(H,26,30). The molecule has 0 aliphatic carbocycles. The van der Waals surface area contributed by atoms with Crippen molar-refractivity contribution < 1.29 is 19.4 Å². The minimum Gasteiger partial charge on any atom is -0.504 e. The highest BCUT2D eigenvalue weighted by Gasteiger charge is 2.30. The zero-order valence-electron chi connectivity index (χ0n) is 18.1. The lowest BCUT2D eigenvalue weighted by atomic mass is 10.0. The number of rotatable bonds is 7. The lowest BCUT2D eigenvalue weighted by Gasteiger charge is -2.28. The molecule has 1 atom stereocenters. The Hall–Kier alpha value is -3.79. The number of hydrazone groups is 1. The molecule has 0 bridgehead atoms. The first-order chi connectivity index (χ1) is 16.0. The number of phenols is 1. The van der Waals surface area contributed by atoms with Gasteiger partial charge in [-0.1, -0.05) is 30.8 Å². The first kappa shape index (κ1) is 22.4. The van der Waals surface area contributed by atoms with Gasteiger partial charge in [-0.3, -0.25) is 9.59 Å². The number of nitrogens with zero attached hydrogens (tertiary/aromatic N) is 3. The van der Waals surface area contributed by atoms with Crippen LogP contribution in [0.2, 0.25) is 0 Å². The highest BCUT2D eigenvalue weighted by Crippen LogP contribution is 2.33. The average molecular weight is 466 g/mol. The van der Waals surface area contributed by atoms with E-state index < -0.39 is 0 Å². The van der Waals surface area contributed by atoms with Crippen LogP contribution in [0.5, 0.6) is 11.5 Å². The summed E-state index contributed by atoms with van der Waals surface area (Å²) >= 11 is 1.22. The molecule has 2 aromatic carbocycles. The predicted octanol–water partition coefficient (Wildman–Crippen LogP) is 4.23. The van der Waals surface area contributed by atoms with E-state index in [-0.39, 0.29) is 28.7 Å². The third-order valence-corrected chi connectivity index (χ3v) is 6.37. The van der Waals surface area contributed by atoms with Crippen LogP contribution in [0.3, 0.4) is 0 Å². The molecule has 0 radical (unpaired) electrons. The van der Waals surface area contributed by atoms with E-state index in [0.29, 0.717) is 17.1 Å². The number of carbonyl (C=O) groups is 2. The molecule has 3 aromatic rings. The number of aromatic amines is 1. The Morgan fingerprint density at radius 2 is 2.06 bits per heavy atom. The number of carbonyl (C=O) groups excluding carboxylic acids is 2. The normalized spacial score (nSPS) is 15.8. The van der Waals surface area contributed by atoms with Crippen molar-refractivity contribution >= 4 is 34.3 Å². The number of thioether (sulfide) groups is 1. The van der Waals surface area contributed by atoms with Gasteiger partial charge in [0.2, 0.25) is 0 Å². The van der Waals surface area contributed by atoms with Crippen molar-refractivity contribution in [2.45, 2.75) is 25.1 Å². The molecule has 170 valence electrons. The molecule has 10 heteroatoms. The zero-order valence-corrected chi connectivity index (χ0v) is 18.9. The van der Waals surface area contributed by atoms with Crippen molar-refractivity contribution in [3.05, 3.63) is 71.8 Å². The lowest BCUT2D eigenvalue weighted by molar-refractivity contribution is 0.102. The molecule has 9 nitrogen and oxygen atoms in total. The van der Waals surface area contributed by atoms with Gasteiger partial charge in [0.25, 0.3) is 5.91 Å². The number of methoxy groups -OCH3 is 1. The number of ether oxygens (including phenoxy) is 1. The molecule has 0 fully saturated rings. The van der Waals surface area contributed by atoms with Crippen molar-refractivity contribution in [1.82, 2.24) is 15.0 Å². The number of anilines is 1. The van der Waals surface area contributed by atoms with E-state index in [1.165, 1.54) is 36.4 Å². The van der Waals surface area contributed by atoms with Gasteiger partial charge in [-0.05, 0) is 42.3 Å². The Morgan fingerprint density at radius 1 is 1.27 bits per heavy atom. The first-order valence-electron chi connectivity index (χ1n) is 10.3. The Morgan fingerprint density at radius 3 is 2.70 bits per heavy atom. The van der Waals surface area contributed by atoms with E-state index in [0.717, 1.165) is 23.3 Å². The van der Waals surface area contributed by atoms with Crippen molar-refractivity contribution in [2.24, 2.45) is 5.10 Å². The van der Waals surface area contributed by atoms with Gasteiger partial charge < -0.3 is 20.1 Å². The molecule has 3 N–H and O–H groups in total. The monoisotopic (exact) mass is 465 g/mol. The zero-order chi connectivity index (χ0) is 23.4. The number of aromatic nitrogens is 2. The molecule has 1 aliphatic heterocycles. The highest BCUT2D eigenvalue weighted by molar-refractivity contribution is 8.14. The maximum absolute atomic E-state index is 12.7. The van der Waals surface area contributed by atoms with Crippen LogP contribution in [0.4, 0.5) is 10.5 Å². The summed E-state index contributed by atoms with van der Waals surface area (Å²) in [5, 5.41) is 18.8. The van der Waals surface area contributed by atoms with Crippen LogP contribution in [0, 0.1) is 0 Å². The molecule has 1 aromatic heterocycles. The number of hydrogen-bond donors (Lipinski definition) is 3. The number of benzene rings is 2. The second-order valence-corrected chi connectivity index (χ2v) is 8.48. The summed E-state index contributed by atoms with van der Waals surface area (Å²) in [5.41, 5.74) is 3.32. The van der Waals surface area contributed by atoms with Gasteiger partial charge in [-0.2, -0.15) is 5.10 Å². The summed E-state index contributed by atoms with van der Waals surface area (Å²) < 4.78 is 5.12. The van der Waals surface area contributed by atoms with Crippen molar-refractivity contribution in [3.8, 4) is 11.5 Å². The molecule has 2 amide bonds. The molecular formula is C23H23N5O4S. The lowest BCUT2D eigenvalue weighted by Crippen LogP contribution is -2.34. The third kappa shape index (κ3) is 5.01. The van der Waals surface area contributed by atoms with Crippen LogP contribution in [0.15, 0.2) is 60.1 Å². The summed E-state index contributed by atoms with van der Waals surface area (Å²) in [6.07, 6.45) is 3.61. The quantitative estimate of drug-likeness (QED) is 0.480. The fourth-order valence-corrected chi connectivity index (χ4v) is 4.32.